The number of alkyl halides is 1. The lowest BCUT2D eigenvalue weighted by Gasteiger charge is -2.27. The summed E-state index contributed by atoms with van der Waals surface area (Å²) < 4.78 is 0. The Kier molecular flexibility index (Phi) is 2.96. The highest BCUT2D eigenvalue weighted by Crippen LogP contribution is 2.22. The number of aromatic nitrogens is 4. The summed E-state index contributed by atoms with van der Waals surface area (Å²) in [4.78, 5) is 15.4. The minimum atomic E-state index is -0.173. The van der Waals surface area contributed by atoms with Gasteiger partial charge in [-0.05, 0) is 13.3 Å². The molecule has 16 heavy (non-hydrogen) atoms. The van der Waals surface area contributed by atoms with Crippen molar-refractivity contribution in [3.05, 3.63) is 12.7 Å². The maximum Gasteiger partial charge on any atom is 0.182 e. The lowest BCUT2D eigenvalue weighted by Crippen LogP contribution is -2.36. The van der Waals surface area contributed by atoms with Gasteiger partial charge in [0, 0.05) is 11.4 Å². The summed E-state index contributed by atoms with van der Waals surface area (Å²) in [6, 6.07) is 0. The molecule has 2 rings (SSSR count). The highest BCUT2D eigenvalue weighted by Gasteiger charge is 2.22. The third-order valence-electron chi connectivity index (χ3n) is 2.72. The molecule has 1 unspecified atom stereocenters. The van der Waals surface area contributed by atoms with Gasteiger partial charge in [0.2, 0.25) is 0 Å². The molecule has 0 bridgehead atoms. The van der Waals surface area contributed by atoms with Gasteiger partial charge in [0.05, 0.1) is 6.33 Å². The first-order valence-corrected chi connectivity index (χ1v) is 5.70. The van der Waals surface area contributed by atoms with Crippen LogP contribution in [0.5, 0.6) is 0 Å². The molecule has 0 aliphatic rings. The van der Waals surface area contributed by atoms with E-state index in [9.17, 15) is 0 Å². The van der Waals surface area contributed by atoms with Gasteiger partial charge in [-0.3, -0.25) is 0 Å². The van der Waals surface area contributed by atoms with Gasteiger partial charge in [0.25, 0.3) is 0 Å². The molecule has 0 aliphatic heterocycles. The van der Waals surface area contributed by atoms with E-state index in [1.165, 1.54) is 6.33 Å². The van der Waals surface area contributed by atoms with Gasteiger partial charge in [0.15, 0.2) is 11.5 Å². The Balaban J connectivity index is 2.37. The van der Waals surface area contributed by atoms with Crippen LogP contribution in [0.25, 0.3) is 11.2 Å². The predicted molar refractivity (Wildman–Crippen MR) is 64.7 cm³/mol. The Bertz CT molecular complexity index is 477. The second-order valence-electron chi connectivity index (χ2n) is 4.00. The smallest absolute Gasteiger partial charge is 0.182 e. The van der Waals surface area contributed by atoms with Crippen LogP contribution in [-0.2, 0) is 0 Å². The number of fused-ring (bicyclic) bond motifs is 1. The maximum atomic E-state index is 5.95. The van der Waals surface area contributed by atoms with Crippen molar-refractivity contribution in [3.63, 3.8) is 0 Å². The van der Waals surface area contributed by atoms with Gasteiger partial charge in [-0.15, -0.1) is 11.6 Å². The zero-order chi connectivity index (χ0) is 11.6. The number of anilines is 1. The number of nitrogens with one attached hydrogen (secondary N) is 2. The van der Waals surface area contributed by atoms with Crippen LogP contribution < -0.4 is 5.32 Å². The van der Waals surface area contributed by atoms with E-state index in [0.29, 0.717) is 11.5 Å². The Hall–Kier alpha value is -1.36. The molecule has 86 valence electrons. The highest BCUT2D eigenvalue weighted by atomic mass is 35.5. The summed E-state index contributed by atoms with van der Waals surface area (Å²) in [5.74, 6) is 1.26. The molecule has 0 spiro atoms. The fourth-order valence-corrected chi connectivity index (χ4v) is 1.62. The molecule has 2 aromatic rings. The highest BCUT2D eigenvalue weighted by molar-refractivity contribution is 6.18. The molecule has 5 nitrogen and oxygen atoms in total. The third-order valence-corrected chi connectivity index (χ3v) is 3.31. The van der Waals surface area contributed by atoms with Crippen LogP contribution >= 0.6 is 11.6 Å². The number of H-pyrrole nitrogens is 1. The molecule has 0 fully saturated rings. The molecule has 0 aliphatic carbocycles. The molecular weight excluding hydrogens is 226 g/mol. The van der Waals surface area contributed by atoms with E-state index in [-0.39, 0.29) is 5.54 Å². The number of rotatable bonds is 4. The molecular formula is C10H14ClN5. The lowest BCUT2D eigenvalue weighted by atomic mass is 10.0. The van der Waals surface area contributed by atoms with Gasteiger partial charge in [0.1, 0.15) is 11.8 Å². The summed E-state index contributed by atoms with van der Waals surface area (Å²) in [7, 11) is 0. The zero-order valence-electron chi connectivity index (χ0n) is 9.29. The van der Waals surface area contributed by atoms with Gasteiger partial charge in [-0.25, -0.2) is 15.0 Å². The van der Waals surface area contributed by atoms with Gasteiger partial charge < -0.3 is 10.3 Å². The Labute approximate surface area is 98.7 Å². The summed E-state index contributed by atoms with van der Waals surface area (Å²) in [6.07, 6.45) is 4.01. The molecule has 2 N–H and O–H groups in total. The molecule has 0 aromatic carbocycles. The van der Waals surface area contributed by atoms with E-state index < -0.39 is 0 Å². The number of nitrogens with zero attached hydrogens (tertiary/aromatic N) is 3. The number of hydrogen-bond donors (Lipinski definition) is 2. The Morgan fingerprint density at radius 2 is 2.25 bits per heavy atom. The lowest BCUT2D eigenvalue weighted by molar-refractivity contribution is 0.552. The zero-order valence-corrected chi connectivity index (χ0v) is 10.0. The van der Waals surface area contributed by atoms with Crippen molar-refractivity contribution in [2.24, 2.45) is 0 Å². The average Bonchev–Trinajstić information content (AvgIpc) is 2.78. The van der Waals surface area contributed by atoms with E-state index in [4.69, 9.17) is 11.6 Å². The van der Waals surface area contributed by atoms with Crippen LogP contribution in [0.2, 0.25) is 0 Å². The van der Waals surface area contributed by atoms with Crippen LogP contribution in [0.15, 0.2) is 12.7 Å². The average molecular weight is 240 g/mol. The van der Waals surface area contributed by atoms with Crippen LogP contribution in [0.3, 0.4) is 0 Å². The Morgan fingerprint density at radius 3 is 2.94 bits per heavy atom. The van der Waals surface area contributed by atoms with Gasteiger partial charge in [-0.1, -0.05) is 6.92 Å². The second-order valence-corrected chi connectivity index (χ2v) is 4.26. The van der Waals surface area contributed by atoms with Crippen LogP contribution in [0.4, 0.5) is 5.82 Å². The summed E-state index contributed by atoms with van der Waals surface area (Å²) in [5.41, 5.74) is 1.30. The third kappa shape index (κ3) is 1.95. The molecule has 0 radical (unpaired) electrons. The van der Waals surface area contributed by atoms with Crippen molar-refractivity contribution in [3.8, 4) is 0 Å². The topological polar surface area (TPSA) is 66.5 Å². The second kappa shape index (κ2) is 4.25. The van der Waals surface area contributed by atoms with Crippen molar-refractivity contribution < 1.29 is 0 Å². The molecule has 2 heterocycles. The SMILES string of the molecule is CCC(C)(CCl)Nc1ncnc2nc[nH]c12. The standard InChI is InChI=1S/C10H14ClN5/c1-3-10(2,4-11)16-9-7-8(13-5-12-7)14-6-15-9/h5-6H,3-4H2,1-2H3,(H2,12,13,14,15,16). The number of halogens is 1. The minimum Gasteiger partial charge on any atom is -0.362 e. The van der Waals surface area contributed by atoms with Gasteiger partial charge >= 0.3 is 0 Å². The molecule has 1 atom stereocenters. The first kappa shape index (κ1) is 11.1. The van der Waals surface area contributed by atoms with Gasteiger partial charge in [-0.2, -0.15) is 0 Å². The quantitative estimate of drug-likeness (QED) is 0.803. The number of imidazole rings is 1. The predicted octanol–water partition coefficient (Wildman–Crippen LogP) is 2.17. The van der Waals surface area contributed by atoms with Crippen molar-refractivity contribution >= 4 is 28.6 Å². The van der Waals surface area contributed by atoms with E-state index >= 15 is 0 Å². The molecule has 6 heteroatoms. The monoisotopic (exact) mass is 239 g/mol. The first-order valence-electron chi connectivity index (χ1n) is 5.17. The Morgan fingerprint density at radius 1 is 1.44 bits per heavy atom. The summed E-state index contributed by atoms with van der Waals surface area (Å²) in [6.45, 7) is 4.14. The minimum absolute atomic E-state index is 0.173. The van der Waals surface area contributed by atoms with E-state index in [1.54, 1.807) is 6.33 Å². The molecule has 0 saturated heterocycles. The fourth-order valence-electron chi connectivity index (χ4n) is 1.36. The van der Waals surface area contributed by atoms with Crippen molar-refractivity contribution in [1.29, 1.82) is 0 Å². The van der Waals surface area contributed by atoms with Crippen LogP contribution in [-0.4, -0.2) is 31.4 Å². The van der Waals surface area contributed by atoms with Crippen LogP contribution in [0.1, 0.15) is 20.3 Å². The van der Waals surface area contributed by atoms with Crippen LogP contribution in [0, 0.1) is 0 Å². The number of hydrogen-bond acceptors (Lipinski definition) is 4. The molecule has 0 saturated carbocycles. The largest absolute Gasteiger partial charge is 0.362 e. The van der Waals surface area contributed by atoms with Crippen molar-refractivity contribution in [1.82, 2.24) is 19.9 Å². The summed E-state index contributed by atoms with van der Waals surface area (Å²) in [5, 5.41) is 3.33. The van der Waals surface area contributed by atoms with Crippen molar-refractivity contribution in [2.75, 3.05) is 11.2 Å². The van der Waals surface area contributed by atoms with E-state index in [2.05, 4.69) is 39.1 Å². The van der Waals surface area contributed by atoms with E-state index in [0.717, 1.165) is 17.8 Å². The fraction of sp³-hybridized carbons (Fsp3) is 0.500. The van der Waals surface area contributed by atoms with E-state index in [1.807, 2.05) is 0 Å². The maximum absolute atomic E-state index is 5.95. The molecule has 0 amide bonds. The first-order chi connectivity index (χ1) is 7.68. The normalized spacial score (nSPS) is 14.9. The number of aromatic amines is 1. The molecule has 2 aromatic heterocycles. The summed E-state index contributed by atoms with van der Waals surface area (Å²) >= 11 is 5.95. The van der Waals surface area contributed by atoms with Crippen molar-refractivity contribution in [2.45, 2.75) is 25.8 Å².